The Bertz CT molecular complexity index is 555. The number of carbonyl (C=O) groups excluding carboxylic acids is 2. The van der Waals surface area contributed by atoms with Gasteiger partial charge < -0.3 is 10.6 Å². The second-order valence-electron chi connectivity index (χ2n) is 4.85. The minimum Gasteiger partial charge on any atom is -0.326 e. The molecule has 0 fully saturated rings. The third-order valence-corrected chi connectivity index (χ3v) is 3.18. The summed E-state index contributed by atoms with van der Waals surface area (Å²) in [6.07, 6.45) is 6.52. The maximum Gasteiger partial charge on any atom is 0.227 e. The Morgan fingerprint density at radius 1 is 1.25 bits per heavy atom. The van der Waals surface area contributed by atoms with Gasteiger partial charge in [-0.2, -0.15) is 0 Å². The summed E-state index contributed by atoms with van der Waals surface area (Å²) < 4.78 is 13.5. The van der Waals surface area contributed by atoms with Crippen LogP contribution in [0.3, 0.4) is 0 Å². The van der Waals surface area contributed by atoms with Gasteiger partial charge in [-0.3, -0.25) is 9.59 Å². The van der Waals surface area contributed by atoms with Crippen molar-refractivity contribution in [3.63, 3.8) is 0 Å². The molecule has 106 valence electrons. The van der Waals surface area contributed by atoms with E-state index in [0.29, 0.717) is 5.69 Å². The molecule has 0 spiro atoms. The van der Waals surface area contributed by atoms with Gasteiger partial charge in [0.05, 0.1) is 5.69 Å². The van der Waals surface area contributed by atoms with E-state index < -0.39 is 5.82 Å². The largest absolute Gasteiger partial charge is 0.326 e. The van der Waals surface area contributed by atoms with Crippen LogP contribution in [0.2, 0.25) is 0 Å². The molecular formula is C15H17FN2O2. The molecule has 4 nitrogen and oxygen atoms in total. The van der Waals surface area contributed by atoms with Crippen molar-refractivity contribution in [1.82, 2.24) is 0 Å². The quantitative estimate of drug-likeness (QED) is 0.833. The summed E-state index contributed by atoms with van der Waals surface area (Å²) >= 11 is 0. The molecule has 0 radical (unpaired) electrons. The third-order valence-electron chi connectivity index (χ3n) is 3.18. The van der Waals surface area contributed by atoms with Crippen molar-refractivity contribution in [2.75, 3.05) is 10.6 Å². The Labute approximate surface area is 117 Å². The van der Waals surface area contributed by atoms with E-state index in [1.165, 1.54) is 25.1 Å². The second-order valence-corrected chi connectivity index (χ2v) is 4.85. The molecular weight excluding hydrogens is 259 g/mol. The molecule has 0 saturated heterocycles. The van der Waals surface area contributed by atoms with E-state index in [9.17, 15) is 14.0 Å². The first kappa shape index (κ1) is 14.2. The molecule has 0 aliphatic heterocycles. The monoisotopic (exact) mass is 276 g/mol. The highest BCUT2D eigenvalue weighted by Gasteiger charge is 2.19. The fraction of sp³-hybridized carbons (Fsp3) is 0.333. The number of anilines is 2. The number of rotatable bonds is 3. The Morgan fingerprint density at radius 2 is 2.05 bits per heavy atom. The Balaban J connectivity index is 2.07. The summed E-state index contributed by atoms with van der Waals surface area (Å²) in [5.74, 6) is -1.01. The number of halogens is 1. The van der Waals surface area contributed by atoms with E-state index in [1.54, 1.807) is 0 Å². The summed E-state index contributed by atoms with van der Waals surface area (Å²) in [5.41, 5.74) is 0.550. The molecule has 1 aliphatic carbocycles. The summed E-state index contributed by atoms with van der Waals surface area (Å²) in [4.78, 5) is 23.0. The van der Waals surface area contributed by atoms with Crippen molar-refractivity contribution in [1.29, 1.82) is 0 Å². The highest BCUT2D eigenvalue weighted by atomic mass is 19.1. The van der Waals surface area contributed by atoms with Crippen molar-refractivity contribution in [3.05, 3.63) is 36.2 Å². The van der Waals surface area contributed by atoms with E-state index in [0.717, 1.165) is 19.3 Å². The second kappa shape index (κ2) is 6.32. The van der Waals surface area contributed by atoms with Gasteiger partial charge in [0.1, 0.15) is 5.82 Å². The molecule has 1 aromatic rings. The molecule has 1 aromatic carbocycles. The van der Waals surface area contributed by atoms with Crippen molar-refractivity contribution < 1.29 is 14.0 Å². The molecule has 0 saturated carbocycles. The fourth-order valence-corrected chi connectivity index (χ4v) is 2.16. The number of hydrogen-bond donors (Lipinski definition) is 2. The first-order valence-corrected chi connectivity index (χ1v) is 6.59. The van der Waals surface area contributed by atoms with Crippen LogP contribution in [-0.2, 0) is 9.59 Å². The normalized spacial score (nSPS) is 17.6. The Kier molecular flexibility index (Phi) is 4.50. The molecule has 0 unspecified atom stereocenters. The lowest BCUT2D eigenvalue weighted by molar-refractivity contribution is -0.120. The summed E-state index contributed by atoms with van der Waals surface area (Å²) in [6, 6.07) is 4.13. The molecule has 0 aromatic heterocycles. The van der Waals surface area contributed by atoms with E-state index >= 15 is 0 Å². The number of benzene rings is 1. The first-order chi connectivity index (χ1) is 9.56. The van der Waals surface area contributed by atoms with Gasteiger partial charge >= 0.3 is 0 Å². The number of carbonyl (C=O) groups is 2. The smallest absolute Gasteiger partial charge is 0.227 e. The average Bonchev–Trinajstić information content (AvgIpc) is 2.43. The zero-order valence-corrected chi connectivity index (χ0v) is 11.3. The maximum atomic E-state index is 13.5. The predicted molar refractivity (Wildman–Crippen MR) is 75.8 cm³/mol. The van der Waals surface area contributed by atoms with Crippen molar-refractivity contribution in [2.45, 2.75) is 26.2 Å². The van der Waals surface area contributed by atoms with Crippen LogP contribution in [0.25, 0.3) is 0 Å². The van der Waals surface area contributed by atoms with Gasteiger partial charge in [-0.05, 0) is 37.5 Å². The van der Waals surface area contributed by atoms with Crippen molar-refractivity contribution in [3.8, 4) is 0 Å². The van der Waals surface area contributed by atoms with Gasteiger partial charge in [-0.1, -0.05) is 12.2 Å². The van der Waals surface area contributed by atoms with E-state index in [2.05, 4.69) is 16.7 Å². The average molecular weight is 276 g/mol. The first-order valence-electron chi connectivity index (χ1n) is 6.59. The Morgan fingerprint density at radius 3 is 2.70 bits per heavy atom. The molecule has 1 aliphatic rings. The summed E-state index contributed by atoms with van der Waals surface area (Å²) in [7, 11) is 0. The fourth-order valence-electron chi connectivity index (χ4n) is 2.16. The summed E-state index contributed by atoms with van der Waals surface area (Å²) in [6.45, 7) is 1.30. The van der Waals surface area contributed by atoms with Crippen LogP contribution in [0.4, 0.5) is 15.8 Å². The van der Waals surface area contributed by atoms with Crippen LogP contribution in [0.15, 0.2) is 30.4 Å². The molecule has 0 bridgehead atoms. The molecule has 2 N–H and O–H groups in total. The van der Waals surface area contributed by atoms with Crippen LogP contribution in [0.1, 0.15) is 26.2 Å². The SMILES string of the molecule is CC(=O)Nc1cc(NC(=O)[C@@H]2CC=CCC2)ccc1F. The van der Waals surface area contributed by atoms with Gasteiger partial charge in [0, 0.05) is 18.5 Å². The van der Waals surface area contributed by atoms with Crippen molar-refractivity contribution >= 4 is 23.2 Å². The van der Waals surface area contributed by atoms with Gasteiger partial charge in [-0.25, -0.2) is 4.39 Å². The highest BCUT2D eigenvalue weighted by molar-refractivity contribution is 5.94. The minimum atomic E-state index is -0.529. The Hall–Kier alpha value is -2.17. The van der Waals surface area contributed by atoms with Crippen molar-refractivity contribution in [2.24, 2.45) is 5.92 Å². The van der Waals surface area contributed by atoms with Crippen LogP contribution < -0.4 is 10.6 Å². The number of amides is 2. The number of allylic oxidation sites excluding steroid dienone is 2. The molecule has 2 amide bonds. The predicted octanol–water partition coefficient (Wildman–Crippen LogP) is 3.08. The lowest BCUT2D eigenvalue weighted by atomic mass is 9.93. The van der Waals surface area contributed by atoms with Crippen LogP contribution in [-0.4, -0.2) is 11.8 Å². The summed E-state index contributed by atoms with van der Waals surface area (Å²) in [5, 5.41) is 5.15. The standard InChI is InChI=1S/C15H17FN2O2/c1-10(19)17-14-9-12(7-8-13(14)16)18-15(20)11-5-3-2-4-6-11/h2-3,7-9,11H,4-6H2,1H3,(H,17,19)(H,18,20)/t11-/m1/s1. The number of nitrogens with one attached hydrogen (secondary N) is 2. The molecule has 20 heavy (non-hydrogen) atoms. The molecule has 0 heterocycles. The van der Waals surface area contributed by atoms with Gasteiger partial charge in [0.15, 0.2) is 0 Å². The van der Waals surface area contributed by atoms with Crippen LogP contribution in [0.5, 0.6) is 0 Å². The molecule has 5 heteroatoms. The third kappa shape index (κ3) is 3.66. The van der Waals surface area contributed by atoms with E-state index in [1.807, 2.05) is 6.08 Å². The number of hydrogen-bond acceptors (Lipinski definition) is 2. The van der Waals surface area contributed by atoms with Gasteiger partial charge in [0.2, 0.25) is 11.8 Å². The van der Waals surface area contributed by atoms with Gasteiger partial charge in [0.25, 0.3) is 0 Å². The van der Waals surface area contributed by atoms with Crippen LogP contribution >= 0.6 is 0 Å². The lowest BCUT2D eigenvalue weighted by Gasteiger charge is -2.17. The van der Waals surface area contributed by atoms with E-state index in [-0.39, 0.29) is 23.4 Å². The molecule has 2 rings (SSSR count). The van der Waals surface area contributed by atoms with E-state index in [4.69, 9.17) is 0 Å². The highest BCUT2D eigenvalue weighted by Crippen LogP contribution is 2.23. The topological polar surface area (TPSA) is 58.2 Å². The van der Waals surface area contributed by atoms with Crippen LogP contribution in [0, 0.1) is 11.7 Å². The zero-order chi connectivity index (χ0) is 14.5. The van der Waals surface area contributed by atoms with Gasteiger partial charge in [-0.15, -0.1) is 0 Å². The minimum absolute atomic E-state index is 0.0470. The maximum absolute atomic E-state index is 13.5. The zero-order valence-electron chi connectivity index (χ0n) is 11.3. The molecule has 1 atom stereocenters. The lowest BCUT2D eigenvalue weighted by Crippen LogP contribution is -2.23.